The lowest BCUT2D eigenvalue weighted by atomic mass is 10.1. The number of aromatic carboxylic acids is 1. The minimum Gasteiger partial charge on any atom is -0.477 e. The summed E-state index contributed by atoms with van der Waals surface area (Å²) in [6, 6.07) is 3.98. The monoisotopic (exact) mass is 305 g/mol. The predicted octanol–water partition coefficient (Wildman–Crippen LogP) is 3.18. The summed E-state index contributed by atoms with van der Waals surface area (Å²) in [5.74, 6) is -0.985. The Balaban J connectivity index is 2.43. The number of hydrogen-bond acceptors (Lipinski definition) is 6. The van der Waals surface area contributed by atoms with Crippen molar-refractivity contribution < 1.29 is 9.90 Å². The largest absolute Gasteiger partial charge is 0.477 e. The average Bonchev–Trinajstić information content (AvgIpc) is 2.70. The van der Waals surface area contributed by atoms with Gasteiger partial charge in [-0.05, 0) is 44.2 Å². The number of thiazole rings is 1. The van der Waals surface area contributed by atoms with Gasteiger partial charge in [-0.3, -0.25) is 0 Å². The van der Waals surface area contributed by atoms with Gasteiger partial charge in [-0.25, -0.2) is 14.8 Å². The Morgan fingerprint density at radius 3 is 2.65 bits per heavy atom. The van der Waals surface area contributed by atoms with Crippen molar-refractivity contribution in [3.05, 3.63) is 33.5 Å². The number of nitriles is 1. The van der Waals surface area contributed by atoms with Crippen molar-refractivity contribution in [3.8, 4) is 6.07 Å². The van der Waals surface area contributed by atoms with Gasteiger partial charge in [-0.2, -0.15) is 5.26 Å². The third-order valence-electron chi connectivity index (χ3n) is 2.58. The number of carboxylic acid groups (broad SMARTS) is 1. The number of rotatable bonds is 3. The smallest absolute Gasteiger partial charge is 0.347 e. The van der Waals surface area contributed by atoms with Crippen molar-refractivity contribution in [2.75, 3.05) is 0 Å². The highest BCUT2D eigenvalue weighted by Gasteiger charge is 2.17. The summed E-state index contributed by atoms with van der Waals surface area (Å²) in [6.07, 6.45) is 0. The van der Waals surface area contributed by atoms with E-state index >= 15 is 0 Å². The Kier molecular flexibility index (Phi) is 4.06. The van der Waals surface area contributed by atoms with E-state index in [2.05, 4.69) is 16.0 Å². The molecule has 5 nitrogen and oxygen atoms in total. The number of carboxylic acids is 1. The molecule has 2 rings (SSSR count). The summed E-state index contributed by atoms with van der Waals surface area (Å²) in [6.45, 7) is 5.37. The Hall–Kier alpha value is -1.91. The molecule has 0 saturated carbocycles. The van der Waals surface area contributed by atoms with E-state index in [9.17, 15) is 10.1 Å². The highest BCUT2D eigenvalue weighted by Crippen LogP contribution is 2.34. The number of pyridine rings is 1. The second-order valence-electron chi connectivity index (χ2n) is 4.17. The lowest BCUT2D eigenvalue weighted by Gasteiger charge is -2.05. The Morgan fingerprint density at radius 2 is 2.10 bits per heavy atom. The van der Waals surface area contributed by atoms with E-state index in [1.807, 2.05) is 19.9 Å². The van der Waals surface area contributed by atoms with Gasteiger partial charge in [0.25, 0.3) is 0 Å². The zero-order valence-corrected chi connectivity index (χ0v) is 12.7. The number of aryl methyl sites for hydroxylation is 3. The van der Waals surface area contributed by atoms with E-state index in [0.717, 1.165) is 22.6 Å². The minimum atomic E-state index is -0.985. The third kappa shape index (κ3) is 2.81. The van der Waals surface area contributed by atoms with Gasteiger partial charge in [0, 0.05) is 5.69 Å². The molecule has 0 atom stereocenters. The van der Waals surface area contributed by atoms with E-state index in [4.69, 9.17) is 5.11 Å². The van der Waals surface area contributed by atoms with Crippen LogP contribution in [0.2, 0.25) is 0 Å². The molecule has 7 heteroatoms. The molecule has 0 aliphatic heterocycles. The summed E-state index contributed by atoms with van der Waals surface area (Å²) in [5, 5.41) is 18.8. The first-order chi connectivity index (χ1) is 9.42. The summed E-state index contributed by atoms with van der Waals surface area (Å²) in [4.78, 5) is 19.8. The van der Waals surface area contributed by atoms with Gasteiger partial charge < -0.3 is 5.11 Å². The van der Waals surface area contributed by atoms with Crippen molar-refractivity contribution in [2.24, 2.45) is 0 Å². The standard InChI is InChI=1S/C13H11N3O2S2/c1-6-4-7(2)15-11(9(6)5-14)20-13-16-8(3)10(19-13)12(17)18/h4H,1-3H3,(H,17,18). The van der Waals surface area contributed by atoms with Crippen LogP contribution in [0.4, 0.5) is 0 Å². The molecule has 0 amide bonds. The topological polar surface area (TPSA) is 86.9 Å². The molecule has 1 N–H and O–H groups in total. The molecular formula is C13H11N3O2S2. The maximum atomic E-state index is 11.0. The number of hydrogen-bond donors (Lipinski definition) is 1. The fraction of sp³-hybridized carbons (Fsp3) is 0.231. The second-order valence-corrected chi connectivity index (χ2v) is 6.41. The molecule has 0 aliphatic rings. The van der Waals surface area contributed by atoms with Crippen molar-refractivity contribution in [2.45, 2.75) is 30.1 Å². The first kappa shape index (κ1) is 14.5. The molecule has 20 heavy (non-hydrogen) atoms. The molecular weight excluding hydrogens is 294 g/mol. The molecule has 2 aromatic rings. The van der Waals surface area contributed by atoms with Crippen molar-refractivity contribution in [1.82, 2.24) is 9.97 Å². The van der Waals surface area contributed by atoms with Crippen LogP contribution in [-0.4, -0.2) is 21.0 Å². The lowest BCUT2D eigenvalue weighted by molar-refractivity contribution is 0.0701. The van der Waals surface area contributed by atoms with E-state index in [0.29, 0.717) is 20.6 Å². The highest BCUT2D eigenvalue weighted by atomic mass is 32.2. The van der Waals surface area contributed by atoms with Crippen LogP contribution in [0.1, 0.15) is 32.2 Å². The van der Waals surface area contributed by atoms with E-state index < -0.39 is 5.97 Å². The van der Waals surface area contributed by atoms with E-state index in [1.165, 1.54) is 11.8 Å². The summed E-state index contributed by atoms with van der Waals surface area (Å²) in [5.41, 5.74) is 2.66. The van der Waals surface area contributed by atoms with Crippen LogP contribution in [0.5, 0.6) is 0 Å². The van der Waals surface area contributed by atoms with Crippen LogP contribution in [0.3, 0.4) is 0 Å². The van der Waals surface area contributed by atoms with Gasteiger partial charge in [0.15, 0.2) is 4.34 Å². The lowest BCUT2D eigenvalue weighted by Crippen LogP contribution is -1.94. The van der Waals surface area contributed by atoms with Gasteiger partial charge in [-0.1, -0.05) is 11.3 Å². The molecule has 0 aliphatic carbocycles. The van der Waals surface area contributed by atoms with Gasteiger partial charge in [0.2, 0.25) is 0 Å². The summed E-state index contributed by atoms with van der Waals surface area (Å²) in [7, 11) is 0. The molecule has 0 saturated heterocycles. The molecule has 0 fully saturated rings. The number of carbonyl (C=O) groups is 1. The first-order valence-corrected chi connectivity index (χ1v) is 7.32. The van der Waals surface area contributed by atoms with Gasteiger partial charge in [-0.15, -0.1) is 0 Å². The van der Waals surface area contributed by atoms with Crippen LogP contribution in [-0.2, 0) is 0 Å². The van der Waals surface area contributed by atoms with Crippen LogP contribution < -0.4 is 0 Å². The molecule has 0 spiro atoms. The maximum Gasteiger partial charge on any atom is 0.347 e. The number of nitrogens with zero attached hydrogens (tertiary/aromatic N) is 3. The molecule has 102 valence electrons. The summed E-state index contributed by atoms with van der Waals surface area (Å²) < 4.78 is 0.578. The molecule has 0 aromatic carbocycles. The maximum absolute atomic E-state index is 11.0. The Bertz CT molecular complexity index is 732. The highest BCUT2D eigenvalue weighted by molar-refractivity contribution is 8.01. The molecule has 2 heterocycles. The first-order valence-electron chi connectivity index (χ1n) is 5.69. The molecule has 0 radical (unpaired) electrons. The molecule has 2 aromatic heterocycles. The fourth-order valence-corrected chi connectivity index (χ4v) is 3.85. The average molecular weight is 305 g/mol. The van der Waals surface area contributed by atoms with Crippen LogP contribution >= 0.6 is 23.1 Å². The van der Waals surface area contributed by atoms with Gasteiger partial charge >= 0.3 is 5.97 Å². The van der Waals surface area contributed by atoms with Crippen LogP contribution in [0.15, 0.2) is 15.4 Å². The van der Waals surface area contributed by atoms with Crippen LogP contribution in [0, 0.1) is 32.1 Å². The molecule has 0 unspecified atom stereocenters. The Morgan fingerprint density at radius 1 is 1.40 bits per heavy atom. The normalized spacial score (nSPS) is 10.3. The summed E-state index contributed by atoms with van der Waals surface area (Å²) >= 11 is 2.33. The quantitative estimate of drug-likeness (QED) is 0.937. The minimum absolute atomic E-state index is 0.218. The fourth-order valence-electron chi connectivity index (χ4n) is 1.71. The number of aromatic nitrogens is 2. The van der Waals surface area contributed by atoms with Gasteiger partial charge in [0.05, 0.1) is 11.3 Å². The van der Waals surface area contributed by atoms with Crippen LogP contribution in [0.25, 0.3) is 0 Å². The zero-order chi connectivity index (χ0) is 14.9. The molecule has 0 bridgehead atoms. The Labute approximate surface area is 124 Å². The van der Waals surface area contributed by atoms with Crippen molar-refractivity contribution in [3.63, 3.8) is 0 Å². The van der Waals surface area contributed by atoms with Crippen molar-refractivity contribution in [1.29, 1.82) is 5.26 Å². The van der Waals surface area contributed by atoms with E-state index in [-0.39, 0.29) is 4.88 Å². The predicted molar refractivity (Wildman–Crippen MR) is 76.4 cm³/mol. The SMILES string of the molecule is Cc1cc(C)c(C#N)c(Sc2nc(C)c(C(=O)O)s2)n1. The zero-order valence-electron chi connectivity index (χ0n) is 11.1. The second kappa shape index (κ2) is 5.61. The van der Waals surface area contributed by atoms with E-state index in [1.54, 1.807) is 6.92 Å². The van der Waals surface area contributed by atoms with Gasteiger partial charge in [0.1, 0.15) is 16.0 Å². The van der Waals surface area contributed by atoms with Crippen molar-refractivity contribution >= 4 is 29.1 Å². The third-order valence-corrected chi connectivity index (χ3v) is 4.77.